The van der Waals surface area contributed by atoms with Crippen LogP contribution in [0.1, 0.15) is 40.5 Å². The van der Waals surface area contributed by atoms with Gasteiger partial charge in [0.15, 0.2) is 5.65 Å². The van der Waals surface area contributed by atoms with E-state index < -0.39 is 5.60 Å². The summed E-state index contributed by atoms with van der Waals surface area (Å²) < 4.78 is 8.44. The highest BCUT2D eigenvalue weighted by Gasteiger charge is 2.34. The van der Waals surface area contributed by atoms with Crippen LogP contribution < -0.4 is 10.2 Å². The molecule has 0 unspecified atom stereocenters. The summed E-state index contributed by atoms with van der Waals surface area (Å²) in [6, 6.07) is 0. The zero-order chi connectivity index (χ0) is 18.2. The molecule has 1 fully saturated rings. The van der Waals surface area contributed by atoms with Crippen LogP contribution in [0.4, 0.5) is 10.7 Å². The van der Waals surface area contributed by atoms with Crippen LogP contribution in [0.15, 0.2) is 18.6 Å². The average Bonchev–Trinajstić information content (AvgIpc) is 2.97. The Bertz CT molecular complexity index is 775. The molecule has 1 amide bonds. The average molecular weight is 457 g/mol. The normalized spacial score (nSPS) is 17.6. The number of amides is 1. The number of carbonyl (C=O) groups is 1. The van der Waals surface area contributed by atoms with Crippen molar-refractivity contribution in [3.05, 3.63) is 22.2 Å². The summed E-state index contributed by atoms with van der Waals surface area (Å²) in [6.45, 7) is 9.31. The number of alkyl carbamates (subject to hydrolysis) is 1. The molecule has 8 heteroatoms. The number of fused-ring (bicyclic) bond motifs is 1. The fourth-order valence-electron chi connectivity index (χ4n) is 2.99. The van der Waals surface area contributed by atoms with E-state index in [2.05, 4.69) is 49.7 Å². The van der Waals surface area contributed by atoms with Gasteiger partial charge < -0.3 is 15.0 Å². The summed E-state index contributed by atoms with van der Waals surface area (Å²) in [6.07, 6.45) is 6.89. The Labute approximate surface area is 161 Å². The van der Waals surface area contributed by atoms with Crippen LogP contribution in [0.3, 0.4) is 0 Å². The van der Waals surface area contributed by atoms with Crippen LogP contribution >= 0.6 is 22.6 Å². The zero-order valence-corrected chi connectivity index (χ0v) is 17.2. The molecule has 0 aliphatic carbocycles. The second-order valence-corrected chi connectivity index (χ2v) is 8.86. The molecule has 0 atom stereocenters. The largest absolute Gasteiger partial charge is 0.444 e. The third-order valence-electron chi connectivity index (χ3n) is 4.32. The first-order valence-corrected chi connectivity index (χ1v) is 9.48. The van der Waals surface area contributed by atoms with Crippen LogP contribution in [-0.4, -0.2) is 44.7 Å². The van der Waals surface area contributed by atoms with Crippen LogP contribution in [0.2, 0.25) is 0 Å². The molecular weight excluding hydrogens is 433 g/mol. The molecule has 1 aliphatic heterocycles. The first kappa shape index (κ1) is 18.2. The molecule has 2 aromatic rings. The van der Waals surface area contributed by atoms with Crippen LogP contribution in [0, 0.1) is 3.57 Å². The number of nitrogens with zero attached hydrogens (tertiary/aromatic N) is 4. The molecule has 2 aromatic heterocycles. The fourth-order valence-corrected chi connectivity index (χ4v) is 3.52. The number of hydrogen-bond donors (Lipinski definition) is 1. The van der Waals surface area contributed by atoms with Crippen molar-refractivity contribution in [3.8, 4) is 0 Å². The van der Waals surface area contributed by atoms with E-state index in [-0.39, 0.29) is 11.6 Å². The van der Waals surface area contributed by atoms with Gasteiger partial charge in [0.05, 0.1) is 3.57 Å². The minimum absolute atomic E-state index is 0.268. The van der Waals surface area contributed by atoms with E-state index in [1.807, 2.05) is 37.6 Å². The smallest absolute Gasteiger partial charge is 0.408 e. The SMILES string of the molecule is CC1(NC(=O)OC(C)(C)C)CCN(c2ncc(I)c3nccn23)CC1. The van der Waals surface area contributed by atoms with E-state index in [1.54, 1.807) is 6.20 Å². The quantitative estimate of drug-likeness (QED) is 0.702. The van der Waals surface area contributed by atoms with Gasteiger partial charge in [0.1, 0.15) is 5.60 Å². The summed E-state index contributed by atoms with van der Waals surface area (Å²) in [5.41, 5.74) is 0.167. The van der Waals surface area contributed by atoms with Crippen molar-refractivity contribution in [2.24, 2.45) is 0 Å². The van der Waals surface area contributed by atoms with Crippen molar-refractivity contribution in [1.82, 2.24) is 19.7 Å². The van der Waals surface area contributed by atoms with E-state index in [0.717, 1.165) is 41.1 Å². The number of ether oxygens (including phenoxy) is 1. The van der Waals surface area contributed by atoms with Crippen molar-refractivity contribution in [2.45, 2.75) is 51.7 Å². The molecule has 136 valence electrons. The lowest BCUT2D eigenvalue weighted by atomic mass is 9.90. The van der Waals surface area contributed by atoms with E-state index in [0.29, 0.717) is 0 Å². The van der Waals surface area contributed by atoms with Gasteiger partial charge in [-0.25, -0.2) is 14.8 Å². The highest BCUT2D eigenvalue weighted by Crippen LogP contribution is 2.26. The zero-order valence-electron chi connectivity index (χ0n) is 15.0. The number of carbonyl (C=O) groups excluding carboxylic acids is 1. The van der Waals surface area contributed by atoms with Crippen LogP contribution in [0.25, 0.3) is 5.65 Å². The maximum Gasteiger partial charge on any atom is 0.408 e. The monoisotopic (exact) mass is 457 g/mol. The summed E-state index contributed by atoms with van der Waals surface area (Å²) in [7, 11) is 0. The van der Waals surface area contributed by atoms with Crippen molar-refractivity contribution in [2.75, 3.05) is 18.0 Å². The number of piperidine rings is 1. The summed E-state index contributed by atoms with van der Waals surface area (Å²) in [5, 5.41) is 3.04. The van der Waals surface area contributed by atoms with E-state index in [1.165, 1.54) is 0 Å². The molecule has 25 heavy (non-hydrogen) atoms. The lowest BCUT2D eigenvalue weighted by Crippen LogP contribution is -2.54. The second-order valence-electron chi connectivity index (χ2n) is 7.70. The van der Waals surface area contributed by atoms with Crippen molar-refractivity contribution >= 4 is 40.3 Å². The molecule has 1 aliphatic rings. The van der Waals surface area contributed by atoms with Gasteiger partial charge in [-0.3, -0.25) is 4.40 Å². The highest BCUT2D eigenvalue weighted by molar-refractivity contribution is 14.1. The van der Waals surface area contributed by atoms with E-state index in [9.17, 15) is 4.79 Å². The number of anilines is 1. The number of imidazole rings is 1. The maximum absolute atomic E-state index is 12.1. The highest BCUT2D eigenvalue weighted by atomic mass is 127. The van der Waals surface area contributed by atoms with Gasteiger partial charge in [-0.05, 0) is 63.1 Å². The molecule has 0 bridgehead atoms. The number of rotatable bonds is 2. The van der Waals surface area contributed by atoms with E-state index in [4.69, 9.17) is 4.74 Å². The Hall–Kier alpha value is -1.58. The number of hydrogen-bond acceptors (Lipinski definition) is 5. The van der Waals surface area contributed by atoms with Gasteiger partial charge in [0.2, 0.25) is 5.95 Å². The molecular formula is C17H24IN5O2. The maximum atomic E-state index is 12.1. The van der Waals surface area contributed by atoms with Gasteiger partial charge in [0, 0.05) is 37.2 Å². The van der Waals surface area contributed by atoms with Crippen molar-refractivity contribution in [3.63, 3.8) is 0 Å². The molecule has 0 spiro atoms. The third kappa shape index (κ3) is 4.16. The first-order valence-electron chi connectivity index (χ1n) is 8.41. The minimum atomic E-state index is -0.487. The predicted octanol–water partition coefficient (Wildman–Crippen LogP) is 3.22. The van der Waals surface area contributed by atoms with Crippen LogP contribution in [0.5, 0.6) is 0 Å². The molecule has 0 radical (unpaired) electrons. The van der Waals surface area contributed by atoms with Gasteiger partial charge in [-0.1, -0.05) is 0 Å². The summed E-state index contributed by atoms with van der Waals surface area (Å²) in [5.74, 6) is 0.896. The van der Waals surface area contributed by atoms with Gasteiger partial charge in [0.25, 0.3) is 0 Å². The fraction of sp³-hybridized carbons (Fsp3) is 0.588. The number of nitrogens with one attached hydrogen (secondary N) is 1. The predicted molar refractivity (Wildman–Crippen MR) is 105 cm³/mol. The summed E-state index contributed by atoms with van der Waals surface area (Å²) >= 11 is 2.25. The third-order valence-corrected chi connectivity index (χ3v) is 5.08. The van der Waals surface area contributed by atoms with Crippen LogP contribution in [-0.2, 0) is 4.74 Å². The second kappa shape index (κ2) is 6.62. The molecule has 3 rings (SSSR count). The topological polar surface area (TPSA) is 71.8 Å². The Balaban J connectivity index is 1.68. The standard InChI is InChI=1S/C17H24IN5O2/c1-16(2,3)25-15(24)21-17(4)5-8-22(9-6-17)14-20-11-12(18)13-19-7-10-23(13)14/h7,10-11H,5-6,8-9H2,1-4H3,(H,21,24). The Morgan fingerprint density at radius 1 is 1.32 bits per heavy atom. The molecule has 7 nitrogen and oxygen atoms in total. The van der Waals surface area contributed by atoms with Gasteiger partial charge in [-0.15, -0.1) is 0 Å². The van der Waals surface area contributed by atoms with Crippen molar-refractivity contribution in [1.29, 1.82) is 0 Å². The first-order chi connectivity index (χ1) is 11.7. The molecule has 1 N–H and O–H groups in total. The molecule has 0 aromatic carbocycles. The molecule has 3 heterocycles. The molecule has 0 saturated carbocycles. The lowest BCUT2D eigenvalue weighted by molar-refractivity contribution is 0.0448. The number of aromatic nitrogens is 3. The minimum Gasteiger partial charge on any atom is -0.444 e. The molecule has 1 saturated heterocycles. The lowest BCUT2D eigenvalue weighted by Gasteiger charge is -2.40. The van der Waals surface area contributed by atoms with Gasteiger partial charge in [-0.2, -0.15) is 0 Å². The number of halogens is 1. The Kier molecular flexibility index (Phi) is 4.82. The Morgan fingerprint density at radius 3 is 2.64 bits per heavy atom. The Morgan fingerprint density at radius 2 is 2.00 bits per heavy atom. The van der Waals surface area contributed by atoms with Crippen molar-refractivity contribution < 1.29 is 9.53 Å². The van der Waals surface area contributed by atoms with E-state index >= 15 is 0 Å². The van der Waals surface area contributed by atoms with Gasteiger partial charge >= 0.3 is 6.09 Å². The summed E-state index contributed by atoms with van der Waals surface area (Å²) in [4.78, 5) is 23.3.